The van der Waals surface area contributed by atoms with Crippen molar-refractivity contribution in [3.63, 3.8) is 0 Å². The van der Waals surface area contributed by atoms with Crippen LogP contribution in [0.4, 0.5) is 5.69 Å². The zero-order valence-corrected chi connectivity index (χ0v) is 9.90. The van der Waals surface area contributed by atoms with Gasteiger partial charge in [-0.2, -0.15) is 0 Å². The standard InChI is InChI=1S/C13H17NO2/c1-10(8-13(15)16)9-14(3)12-7-5-4-6-11(12)2/h4-8H,9H2,1-3H3,(H,15,16). The maximum absolute atomic E-state index is 10.5. The van der Waals surface area contributed by atoms with Crippen LogP contribution in [0.15, 0.2) is 35.9 Å². The van der Waals surface area contributed by atoms with Gasteiger partial charge in [-0.25, -0.2) is 4.79 Å². The number of nitrogens with zero attached hydrogens (tertiary/aromatic N) is 1. The van der Waals surface area contributed by atoms with Gasteiger partial charge in [-0.3, -0.25) is 0 Å². The van der Waals surface area contributed by atoms with Crippen LogP contribution in [0.2, 0.25) is 0 Å². The van der Waals surface area contributed by atoms with E-state index >= 15 is 0 Å². The van der Waals surface area contributed by atoms with E-state index in [1.807, 2.05) is 50.1 Å². The molecule has 1 aromatic rings. The van der Waals surface area contributed by atoms with Crippen molar-refractivity contribution in [2.75, 3.05) is 18.5 Å². The third kappa shape index (κ3) is 3.42. The monoisotopic (exact) mass is 219 g/mol. The van der Waals surface area contributed by atoms with Gasteiger partial charge in [0.25, 0.3) is 0 Å². The van der Waals surface area contributed by atoms with Crippen LogP contribution in [0.3, 0.4) is 0 Å². The first-order chi connectivity index (χ1) is 7.50. The highest BCUT2D eigenvalue weighted by molar-refractivity contribution is 5.80. The van der Waals surface area contributed by atoms with E-state index in [9.17, 15) is 4.79 Å². The number of aliphatic carboxylic acids is 1. The van der Waals surface area contributed by atoms with Crippen LogP contribution in [0.5, 0.6) is 0 Å². The van der Waals surface area contributed by atoms with Gasteiger partial charge in [0.05, 0.1) is 0 Å². The molecule has 0 aliphatic carbocycles. The Morgan fingerprint density at radius 1 is 1.44 bits per heavy atom. The second kappa shape index (κ2) is 5.35. The Kier molecular flexibility index (Phi) is 4.11. The first kappa shape index (κ1) is 12.3. The summed E-state index contributed by atoms with van der Waals surface area (Å²) < 4.78 is 0. The molecule has 0 aliphatic heterocycles. The molecule has 0 amide bonds. The Balaban J connectivity index is 2.77. The van der Waals surface area contributed by atoms with Crippen LogP contribution in [-0.4, -0.2) is 24.7 Å². The molecule has 16 heavy (non-hydrogen) atoms. The number of aryl methyl sites for hydroxylation is 1. The van der Waals surface area contributed by atoms with E-state index in [0.717, 1.165) is 11.3 Å². The van der Waals surface area contributed by atoms with Crippen LogP contribution < -0.4 is 4.90 Å². The highest BCUT2D eigenvalue weighted by atomic mass is 16.4. The molecule has 3 heteroatoms. The van der Waals surface area contributed by atoms with E-state index in [1.165, 1.54) is 11.6 Å². The first-order valence-corrected chi connectivity index (χ1v) is 5.17. The average molecular weight is 219 g/mol. The first-order valence-electron chi connectivity index (χ1n) is 5.17. The van der Waals surface area contributed by atoms with E-state index in [0.29, 0.717) is 6.54 Å². The Morgan fingerprint density at radius 2 is 2.06 bits per heavy atom. The molecule has 0 radical (unpaired) electrons. The molecule has 1 aromatic carbocycles. The van der Waals surface area contributed by atoms with Crippen molar-refractivity contribution < 1.29 is 9.90 Å². The quantitative estimate of drug-likeness (QED) is 0.791. The third-order valence-electron chi connectivity index (χ3n) is 2.38. The summed E-state index contributed by atoms with van der Waals surface area (Å²) in [5.41, 5.74) is 3.15. The average Bonchev–Trinajstić information content (AvgIpc) is 2.16. The van der Waals surface area contributed by atoms with Crippen molar-refractivity contribution >= 4 is 11.7 Å². The third-order valence-corrected chi connectivity index (χ3v) is 2.38. The van der Waals surface area contributed by atoms with Crippen LogP contribution >= 0.6 is 0 Å². The van der Waals surface area contributed by atoms with Gasteiger partial charge in [0, 0.05) is 25.4 Å². The summed E-state index contributed by atoms with van der Waals surface area (Å²) in [4.78, 5) is 12.5. The highest BCUT2D eigenvalue weighted by Gasteiger charge is 2.04. The van der Waals surface area contributed by atoms with Crippen LogP contribution in [0.1, 0.15) is 12.5 Å². The zero-order valence-electron chi connectivity index (χ0n) is 9.90. The summed E-state index contributed by atoms with van der Waals surface area (Å²) in [6, 6.07) is 8.05. The molecule has 1 N–H and O–H groups in total. The van der Waals surface area contributed by atoms with E-state index in [1.54, 1.807) is 0 Å². The molecular formula is C13H17NO2. The summed E-state index contributed by atoms with van der Waals surface area (Å²) in [5, 5.41) is 8.63. The summed E-state index contributed by atoms with van der Waals surface area (Å²) >= 11 is 0. The molecule has 0 fully saturated rings. The smallest absolute Gasteiger partial charge is 0.328 e. The zero-order chi connectivity index (χ0) is 12.1. The number of anilines is 1. The van der Waals surface area contributed by atoms with Crippen molar-refractivity contribution in [3.8, 4) is 0 Å². The molecule has 3 nitrogen and oxygen atoms in total. The van der Waals surface area contributed by atoms with Crippen LogP contribution in [-0.2, 0) is 4.79 Å². The fourth-order valence-corrected chi connectivity index (χ4v) is 1.71. The van der Waals surface area contributed by atoms with Crippen LogP contribution in [0, 0.1) is 6.92 Å². The molecule has 0 spiro atoms. The van der Waals surface area contributed by atoms with Gasteiger partial charge < -0.3 is 10.0 Å². The Bertz CT molecular complexity index is 410. The second-order valence-corrected chi connectivity index (χ2v) is 3.97. The van der Waals surface area contributed by atoms with Gasteiger partial charge in [-0.15, -0.1) is 0 Å². The van der Waals surface area contributed by atoms with Crippen molar-refractivity contribution in [3.05, 3.63) is 41.5 Å². The molecule has 0 atom stereocenters. The van der Waals surface area contributed by atoms with Crippen molar-refractivity contribution in [1.82, 2.24) is 0 Å². The van der Waals surface area contributed by atoms with Crippen molar-refractivity contribution in [1.29, 1.82) is 0 Å². The minimum atomic E-state index is -0.893. The van der Waals surface area contributed by atoms with E-state index in [2.05, 4.69) is 0 Å². The van der Waals surface area contributed by atoms with Crippen LogP contribution in [0.25, 0.3) is 0 Å². The maximum atomic E-state index is 10.5. The lowest BCUT2D eigenvalue weighted by molar-refractivity contribution is -0.131. The molecular weight excluding hydrogens is 202 g/mol. The minimum Gasteiger partial charge on any atom is -0.478 e. The topological polar surface area (TPSA) is 40.5 Å². The van der Waals surface area contributed by atoms with Gasteiger partial charge >= 0.3 is 5.97 Å². The minimum absolute atomic E-state index is 0.622. The summed E-state index contributed by atoms with van der Waals surface area (Å²) in [6.07, 6.45) is 1.24. The number of hydrogen-bond acceptors (Lipinski definition) is 2. The highest BCUT2D eigenvalue weighted by Crippen LogP contribution is 2.18. The number of carboxylic acid groups (broad SMARTS) is 1. The number of hydrogen-bond donors (Lipinski definition) is 1. The SMILES string of the molecule is CC(=CC(=O)O)CN(C)c1ccccc1C. The lowest BCUT2D eigenvalue weighted by Crippen LogP contribution is -2.20. The largest absolute Gasteiger partial charge is 0.478 e. The fraction of sp³-hybridized carbons (Fsp3) is 0.308. The Labute approximate surface area is 96.0 Å². The van der Waals surface area contributed by atoms with Gasteiger partial charge in [0.2, 0.25) is 0 Å². The number of likely N-dealkylation sites (N-methyl/N-ethyl adjacent to an activating group) is 1. The Morgan fingerprint density at radius 3 is 2.62 bits per heavy atom. The molecule has 0 bridgehead atoms. The van der Waals surface area contributed by atoms with Crippen molar-refractivity contribution in [2.45, 2.75) is 13.8 Å². The van der Waals surface area contributed by atoms with E-state index in [-0.39, 0.29) is 0 Å². The molecule has 1 rings (SSSR count). The number of para-hydroxylation sites is 1. The normalized spacial score (nSPS) is 11.3. The molecule has 0 aromatic heterocycles. The van der Waals surface area contributed by atoms with Gasteiger partial charge in [-0.05, 0) is 31.1 Å². The number of carbonyl (C=O) groups is 1. The molecule has 0 saturated heterocycles. The summed E-state index contributed by atoms with van der Waals surface area (Å²) in [6.45, 7) is 4.49. The number of rotatable bonds is 4. The molecule has 0 unspecified atom stereocenters. The number of benzene rings is 1. The molecule has 0 heterocycles. The number of carboxylic acids is 1. The van der Waals surface area contributed by atoms with Gasteiger partial charge in [0.1, 0.15) is 0 Å². The van der Waals surface area contributed by atoms with Gasteiger partial charge in [-0.1, -0.05) is 18.2 Å². The van der Waals surface area contributed by atoms with Crippen molar-refractivity contribution in [2.24, 2.45) is 0 Å². The Hall–Kier alpha value is -1.77. The van der Waals surface area contributed by atoms with E-state index in [4.69, 9.17) is 5.11 Å². The molecule has 0 aliphatic rings. The summed E-state index contributed by atoms with van der Waals surface area (Å²) in [5.74, 6) is -0.893. The predicted octanol–water partition coefficient (Wildman–Crippen LogP) is 2.46. The maximum Gasteiger partial charge on any atom is 0.328 e. The predicted molar refractivity (Wildman–Crippen MR) is 65.8 cm³/mol. The fourth-order valence-electron chi connectivity index (χ4n) is 1.71. The molecule has 0 saturated carbocycles. The second-order valence-electron chi connectivity index (χ2n) is 3.97. The lowest BCUT2D eigenvalue weighted by Gasteiger charge is -2.21. The lowest BCUT2D eigenvalue weighted by atomic mass is 10.1. The molecule has 86 valence electrons. The van der Waals surface area contributed by atoms with Gasteiger partial charge in [0.15, 0.2) is 0 Å². The van der Waals surface area contributed by atoms with E-state index < -0.39 is 5.97 Å². The summed E-state index contributed by atoms with van der Waals surface area (Å²) in [7, 11) is 1.96.